The maximum atomic E-state index is 10.6. The van der Waals surface area contributed by atoms with E-state index in [1.165, 1.54) is 0 Å². The highest BCUT2D eigenvalue weighted by atomic mass is 16.1. The van der Waals surface area contributed by atoms with Crippen molar-refractivity contribution in [1.29, 1.82) is 0 Å². The van der Waals surface area contributed by atoms with Crippen LogP contribution in [0.1, 0.15) is 13.8 Å². The van der Waals surface area contributed by atoms with Crippen LogP contribution in [0.2, 0.25) is 0 Å². The number of carbonyl (C=O) groups is 1. The third kappa shape index (κ3) is 2.29. The largest absolute Gasteiger partial charge is 0.320 e. The van der Waals surface area contributed by atoms with Crippen LogP contribution in [0.5, 0.6) is 0 Å². The van der Waals surface area contributed by atoms with Crippen molar-refractivity contribution >= 4 is 5.78 Å². The molecule has 0 fully saturated rings. The highest BCUT2D eigenvalue weighted by Gasteiger charge is 2.13. The normalized spacial score (nSPS) is 12.8. The standard InChI is InChI=1S/C7H11NO/c1-4-6(9)7(8)5(2)3/h1,5,7H,8H2,2-3H3. The van der Waals surface area contributed by atoms with Crippen molar-refractivity contribution in [3.05, 3.63) is 0 Å². The van der Waals surface area contributed by atoms with Gasteiger partial charge in [-0.05, 0) is 11.8 Å². The minimum absolute atomic E-state index is 0.133. The lowest BCUT2D eigenvalue weighted by Gasteiger charge is -2.08. The molecule has 0 saturated heterocycles. The minimum Gasteiger partial charge on any atom is -0.320 e. The number of carbonyl (C=O) groups excluding carboxylic acids is 1. The number of hydrogen-bond acceptors (Lipinski definition) is 2. The van der Waals surface area contributed by atoms with Gasteiger partial charge in [-0.25, -0.2) is 0 Å². The van der Waals surface area contributed by atoms with Crippen molar-refractivity contribution in [2.75, 3.05) is 0 Å². The number of rotatable bonds is 2. The van der Waals surface area contributed by atoms with E-state index in [1.807, 2.05) is 19.8 Å². The molecule has 0 aliphatic heterocycles. The number of terminal acetylenes is 1. The van der Waals surface area contributed by atoms with Crippen molar-refractivity contribution in [3.63, 3.8) is 0 Å². The molecule has 2 N–H and O–H groups in total. The Hall–Kier alpha value is -0.810. The van der Waals surface area contributed by atoms with E-state index in [4.69, 9.17) is 12.2 Å². The van der Waals surface area contributed by atoms with E-state index in [-0.39, 0.29) is 11.7 Å². The topological polar surface area (TPSA) is 43.1 Å². The zero-order valence-corrected chi connectivity index (χ0v) is 5.72. The first-order valence-corrected chi connectivity index (χ1v) is 2.85. The van der Waals surface area contributed by atoms with Crippen LogP contribution >= 0.6 is 0 Å². The summed E-state index contributed by atoms with van der Waals surface area (Å²) in [5.74, 6) is 1.80. The SMILES string of the molecule is C#CC(=O)C(N)C(C)C. The van der Waals surface area contributed by atoms with Gasteiger partial charge < -0.3 is 5.73 Å². The summed E-state index contributed by atoms with van der Waals surface area (Å²) in [4.78, 5) is 10.6. The molecular weight excluding hydrogens is 114 g/mol. The molecule has 0 aromatic rings. The average molecular weight is 125 g/mol. The summed E-state index contributed by atoms with van der Waals surface area (Å²) in [6.45, 7) is 3.72. The quantitative estimate of drug-likeness (QED) is 0.422. The number of Topliss-reactive ketones (excluding diaryl/α,β-unsaturated/α-hetero) is 1. The van der Waals surface area contributed by atoms with Crippen molar-refractivity contribution in [1.82, 2.24) is 0 Å². The zero-order valence-electron chi connectivity index (χ0n) is 5.72. The Bertz CT molecular complexity index is 143. The van der Waals surface area contributed by atoms with Crippen LogP contribution in [0.25, 0.3) is 0 Å². The van der Waals surface area contributed by atoms with Gasteiger partial charge >= 0.3 is 0 Å². The van der Waals surface area contributed by atoms with Crippen molar-refractivity contribution < 1.29 is 4.79 Å². The summed E-state index contributed by atoms with van der Waals surface area (Å²) in [6.07, 6.45) is 4.83. The third-order valence-electron chi connectivity index (χ3n) is 1.16. The fourth-order valence-corrected chi connectivity index (χ4v) is 0.399. The lowest BCUT2D eigenvalue weighted by molar-refractivity contribution is -0.115. The molecule has 9 heavy (non-hydrogen) atoms. The van der Waals surface area contributed by atoms with Crippen LogP contribution in [0.15, 0.2) is 0 Å². The molecule has 1 atom stereocenters. The average Bonchev–Trinajstić information content (AvgIpc) is 1.84. The molecule has 0 aliphatic rings. The molecule has 0 heterocycles. The van der Waals surface area contributed by atoms with Crippen molar-refractivity contribution in [2.24, 2.45) is 11.7 Å². The first-order chi connectivity index (χ1) is 4.09. The van der Waals surface area contributed by atoms with Crippen LogP contribution in [-0.4, -0.2) is 11.8 Å². The summed E-state index contributed by atoms with van der Waals surface area (Å²) in [5, 5.41) is 0. The smallest absolute Gasteiger partial charge is 0.222 e. The Labute approximate surface area is 55.4 Å². The van der Waals surface area contributed by atoms with E-state index in [2.05, 4.69) is 0 Å². The highest BCUT2D eigenvalue weighted by molar-refractivity contribution is 5.99. The Kier molecular flexibility index (Phi) is 2.97. The Morgan fingerprint density at radius 2 is 2.11 bits per heavy atom. The molecule has 0 bridgehead atoms. The minimum atomic E-state index is -0.491. The van der Waals surface area contributed by atoms with E-state index in [0.717, 1.165) is 0 Å². The summed E-state index contributed by atoms with van der Waals surface area (Å²) in [5.41, 5.74) is 5.38. The molecule has 0 aromatic carbocycles. The number of hydrogen-bond donors (Lipinski definition) is 1. The second-order valence-electron chi connectivity index (χ2n) is 2.28. The monoisotopic (exact) mass is 125 g/mol. The zero-order chi connectivity index (χ0) is 7.44. The van der Waals surface area contributed by atoms with Gasteiger partial charge in [0.05, 0.1) is 6.04 Å². The van der Waals surface area contributed by atoms with Gasteiger partial charge in [0.15, 0.2) is 0 Å². The molecule has 0 amide bonds. The molecule has 2 heteroatoms. The summed E-state index contributed by atoms with van der Waals surface area (Å²) in [7, 11) is 0. The highest BCUT2D eigenvalue weighted by Crippen LogP contribution is 1.97. The third-order valence-corrected chi connectivity index (χ3v) is 1.16. The lowest BCUT2D eigenvalue weighted by atomic mass is 10.0. The number of nitrogens with two attached hydrogens (primary N) is 1. The van der Waals surface area contributed by atoms with Gasteiger partial charge in [-0.3, -0.25) is 4.79 Å². The predicted octanol–water partition coefficient (Wildman–Crippen LogP) is 0.172. The van der Waals surface area contributed by atoms with E-state index in [0.29, 0.717) is 0 Å². The molecule has 0 saturated carbocycles. The van der Waals surface area contributed by atoms with Crippen LogP contribution < -0.4 is 5.73 Å². The van der Waals surface area contributed by atoms with Crippen LogP contribution in [-0.2, 0) is 4.79 Å². The Balaban J connectivity index is 3.92. The van der Waals surface area contributed by atoms with E-state index in [9.17, 15) is 4.79 Å². The molecule has 1 unspecified atom stereocenters. The van der Waals surface area contributed by atoms with Crippen LogP contribution in [0.3, 0.4) is 0 Å². The molecule has 0 radical (unpaired) electrons. The maximum Gasteiger partial charge on any atom is 0.222 e. The maximum absolute atomic E-state index is 10.6. The molecule has 50 valence electrons. The van der Waals surface area contributed by atoms with Crippen LogP contribution in [0, 0.1) is 18.3 Å². The van der Waals surface area contributed by atoms with E-state index in [1.54, 1.807) is 0 Å². The Morgan fingerprint density at radius 1 is 1.67 bits per heavy atom. The summed E-state index contributed by atoms with van der Waals surface area (Å²) in [6, 6.07) is -0.491. The molecule has 2 nitrogen and oxygen atoms in total. The van der Waals surface area contributed by atoms with E-state index >= 15 is 0 Å². The molecule has 0 spiro atoms. The van der Waals surface area contributed by atoms with Crippen molar-refractivity contribution in [2.45, 2.75) is 19.9 Å². The van der Waals surface area contributed by atoms with Gasteiger partial charge in [-0.2, -0.15) is 0 Å². The van der Waals surface area contributed by atoms with Gasteiger partial charge in [0, 0.05) is 0 Å². The van der Waals surface area contributed by atoms with Crippen molar-refractivity contribution in [3.8, 4) is 12.3 Å². The first kappa shape index (κ1) is 8.19. The van der Waals surface area contributed by atoms with Gasteiger partial charge in [0.25, 0.3) is 0 Å². The molecule has 0 aromatic heterocycles. The molecular formula is C7H11NO. The fraction of sp³-hybridized carbons (Fsp3) is 0.571. The summed E-state index contributed by atoms with van der Waals surface area (Å²) < 4.78 is 0. The van der Waals surface area contributed by atoms with Gasteiger partial charge in [-0.15, -0.1) is 6.42 Å². The molecule has 0 rings (SSSR count). The second kappa shape index (κ2) is 3.26. The van der Waals surface area contributed by atoms with Crippen LogP contribution in [0.4, 0.5) is 0 Å². The van der Waals surface area contributed by atoms with E-state index < -0.39 is 6.04 Å². The first-order valence-electron chi connectivity index (χ1n) is 2.85. The summed E-state index contributed by atoms with van der Waals surface area (Å²) >= 11 is 0. The molecule has 0 aliphatic carbocycles. The predicted molar refractivity (Wildman–Crippen MR) is 36.7 cm³/mol. The van der Waals surface area contributed by atoms with Gasteiger partial charge in [-0.1, -0.05) is 13.8 Å². The van der Waals surface area contributed by atoms with Gasteiger partial charge in [0.1, 0.15) is 0 Å². The fourth-order valence-electron chi connectivity index (χ4n) is 0.399. The number of ketones is 1. The lowest BCUT2D eigenvalue weighted by Crippen LogP contribution is -2.34. The Morgan fingerprint density at radius 3 is 2.22 bits per heavy atom. The van der Waals surface area contributed by atoms with Gasteiger partial charge in [0.2, 0.25) is 5.78 Å². The second-order valence-corrected chi connectivity index (χ2v) is 2.28.